The van der Waals surface area contributed by atoms with Crippen molar-refractivity contribution in [3.63, 3.8) is 0 Å². The minimum Gasteiger partial charge on any atom is -0.497 e. The summed E-state index contributed by atoms with van der Waals surface area (Å²) < 4.78 is 5.04. The first-order valence-corrected chi connectivity index (χ1v) is 6.33. The quantitative estimate of drug-likeness (QED) is 0.740. The highest BCUT2D eigenvalue weighted by molar-refractivity contribution is 5.85. The molecule has 0 saturated heterocycles. The Balaban J connectivity index is 2.52. The Labute approximate surface area is 118 Å². The van der Waals surface area contributed by atoms with E-state index in [-0.39, 0.29) is 0 Å². The Morgan fingerprint density at radius 2 is 1.90 bits per heavy atom. The molecule has 0 fully saturated rings. The lowest BCUT2D eigenvalue weighted by Crippen LogP contribution is -2.54. The van der Waals surface area contributed by atoms with Crippen molar-refractivity contribution >= 4 is 12.0 Å². The van der Waals surface area contributed by atoms with Crippen LogP contribution in [0.1, 0.15) is 25.8 Å². The summed E-state index contributed by atoms with van der Waals surface area (Å²) in [5.74, 6) is -0.317. The van der Waals surface area contributed by atoms with Crippen LogP contribution < -0.4 is 15.4 Å². The zero-order valence-electron chi connectivity index (χ0n) is 11.9. The van der Waals surface area contributed by atoms with Gasteiger partial charge in [-0.15, -0.1) is 0 Å². The number of amides is 2. The molecule has 1 unspecified atom stereocenters. The van der Waals surface area contributed by atoms with E-state index >= 15 is 0 Å². The number of carboxylic acid groups (broad SMARTS) is 1. The molecule has 1 atom stereocenters. The van der Waals surface area contributed by atoms with Gasteiger partial charge in [0.1, 0.15) is 11.3 Å². The lowest BCUT2D eigenvalue weighted by atomic mass is 10.00. The summed E-state index contributed by atoms with van der Waals surface area (Å²) in [5.41, 5.74) is -0.362. The maximum atomic E-state index is 11.7. The largest absolute Gasteiger partial charge is 0.497 e. The van der Waals surface area contributed by atoms with Gasteiger partial charge in [0.05, 0.1) is 7.11 Å². The summed E-state index contributed by atoms with van der Waals surface area (Å²) >= 11 is 0. The van der Waals surface area contributed by atoms with Crippen molar-refractivity contribution in [3.05, 3.63) is 29.8 Å². The van der Waals surface area contributed by atoms with Crippen LogP contribution >= 0.6 is 0 Å². The molecule has 0 aliphatic rings. The van der Waals surface area contributed by atoms with E-state index in [1.807, 2.05) is 12.1 Å². The Kier molecular flexibility index (Phi) is 5.37. The van der Waals surface area contributed by atoms with Crippen LogP contribution in [0.5, 0.6) is 5.75 Å². The van der Waals surface area contributed by atoms with Gasteiger partial charge in [0.2, 0.25) is 0 Å². The molecule has 0 aromatic heterocycles. The van der Waals surface area contributed by atoms with E-state index in [0.717, 1.165) is 11.3 Å². The molecule has 2 amide bonds. The van der Waals surface area contributed by atoms with Crippen LogP contribution in [0.25, 0.3) is 0 Å². The van der Waals surface area contributed by atoms with Gasteiger partial charge in [-0.3, -0.25) is 0 Å². The standard InChI is InChI=1S/C14H20N2O4/c1-4-14(2,12(17)18)16-13(19)15-9-10-5-7-11(20-3)8-6-10/h5-8H,4,9H2,1-3H3,(H,17,18)(H2,15,16,19). The zero-order chi connectivity index (χ0) is 15.2. The van der Waals surface area contributed by atoms with Gasteiger partial charge in [-0.05, 0) is 31.0 Å². The van der Waals surface area contributed by atoms with E-state index in [4.69, 9.17) is 9.84 Å². The maximum Gasteiger partial charge on any atom is 0.329 e. The van der Waals surface area contributed by atoms with Crippen molar-refractivity contribution in [2.24, 2.45) is 0 Å². The molecule has 110 valence electrons. The summed E-state index contributed by atoms with van der Waals surface area (Å²) in [6.45, 7) is 3.50. The minimum atomic E-state index is -1.26. The third-order valence-corrected chi connectivity index (χ3v) is 3.18. The molecule has 1 rings (SSSR count). The van der Waals surface area contributed by atoms with Crippen molar-refractivity contribution in [2.45, 2.75) is 32.4 Å². The van der Waals surface area contributed by atoms with Gasteiger partial charge in [-0.1, -0.05) is 19.1 Å². The lowest BCUT2D eigenvalue weighted by Gasteiger charge is -2.24. The van der Waals surface area contributed by atoms with Crippen LogP contribution in [0.4, 0.5) is 4.79 Å². The van der Waals surface area contributed by atoms with E-state index in [1.54, 1.807) is 26.2 Å². The van der Waals surface area contributed by atoms with Crippen molar-refractivity contribution in [1.82, 2.24) is 10.6 Å². The van der Waals surface area contributed by atoms with E-state index < -0.39 is 17.5 Å². The van der Waals surface area contributed by atoms with Crippen LogP contribution in [0.15, 0.2) is 24.3 Å². The first-order valence-electron chi connectivity index (χ1n) is 6.33. The number of hydrogen-bond acceptors (Lipinski definition) is 3. The molecule has 0 aliphatic carbocycles. The van der Waals surface area contributed by atoms with Crippen molar-refractivity contribution in [3.8, 4) is 5.75 Å². The average Bonchev–Trinajstić information content (AvgIpc) is 2.45. The Hall–Kier alpha value is -2.24. The van der Waals surface area contributed by atoms with Crippen molar-refractivity contribution < 1.29 is 19.4 Å². The second-order valence-corrected chi connectivity index (χ2v) is 4.65. The van der Waals surface area contributed by atoms with Gasteiger partial charge >= 0.3 is 12.0 Å². The molecular formula is C14H20N2O4. The second kappa shape index (κ2) is 6.79. The number of benzene rings is 1. The Bertz CT molecular complexity index is 473. The second-order valence-electron chi connectivity index (χ2n) is 4.65. The van der Waals surface area contributed by atoms with Crippen LogP contribution in [-0.2, 0) is 11.3 Å². The number of ether oxygens (including phenoxy) is 1. The minimum absolute atomic E-state index is 0.304. The molecule has 1 aromatic carbocycles. The van der Waals surface area contributed by atoms with Crippen LogP contribution in [0, 0.1) is 0 Å². The summed E-state index contributed by atoms with van der Waals surface area (Å²) in [7, 11) is 1.58. The summed E-state index contributed by atoms with van der Waals surface area (Å²) in [4.78, 5) is 22.8. The molecule has 20 heavy (non-hydrogen) atoms. The van der Waals surface area contributed by atoms with Crippen LogP contribution in [0.3, 0.4) is 0 Å². The molecule has 6 heteroatoms. The lowest BCUT2D eigenvalue weighted by molar-refractivity contribution is -0.143. The van der Waals surface area contributed by atoms with Gasteiger partial charge in [0.25, 0.3) is 0 Å². The predicted octanol–water partition coefficient (Wildman–Crippen LogP) is 1.75. The topological polar surface area (TPSA) is 87.7 Å². The molecule has 1 aromatic rings. The molecule has 0 spiro atoms. The van der Waals surface area contributed by atoms with E-state index in [9.17, 15) is 9.59 Å². The number of methoxy groups -OCH3 is 1. The fourth-order valence-corrected chi connectivity index (χ4v) is 1.51. The van der Waals surface area contributed by atoms with E-state index in [0.29, 0.717) is 13.0 Å². The van der Waals surface area contributed by atoms with Crippen molar-refractivity contribution in [2.75, 3.05) is 7.11 Å². The van der Waals surface area contributed by atoms with Crippen LogP contribution in [-0.4, -0.2) is 29.8 Å². The normalized spacial score (nSPS) is 13.2. The number of aliphatic carboxylic acids is 1. The molecule has 6 nitrogen and oxygen atoms in total. The molecule has 0 aliphatic heterocycles. The number of nitrogens with one attached hydrogen (secondary N) is 2. The molecule has 0 bridgehead atoms. The van der Waals surface area contributed by atoms with E-state index in [1.165, 1.54) is 6.92 Å². The first-order chi connectivity index (χ1) is 9.41. The molecule has 0 heterocycles. The number of carbonyl (C=O) groups excluding carboxylic acids is 1. The van der Waals surface area contributed by atoms with Crippen molar-refractivity contribution in [1.29, 1.82) is 0 Å². The Morgan fingerprint density at radius 1 is 1.30 bits per heavy atom. The number of hydrogen-bond donors (Lipinski definition) is 3. The summed E-state index contributed by atoms with van der Waals surface area (Å²) in [6.07, 6.45) is 0.304. The number of carboxylic acids is 1. The van der Waals surface area contributed by atoms with Crippen LogP contribution in [0.2, 0.25) is 0 Å². The highest BCUT2D eigenvalue weighted by Gasteiger charge is 2.32. The van der Waals surface area contributed by atoms with Gasteiger partial charge < -0.3 is 20.5 Å². The monoisotopic (exact) mass is 280 g/mol. The third kappa shape index (κ3) is 4.15. The summed E-state index contributed by atoms with van der Waals surface area (Å²) in [6, 6.07) is 6.74. The fourth-order valence-electron chi connectivity index (χ4n) is 1.51. The van der Waals surface area contributed by atoms with Gasteiger partial charge in [-0.2, -0.15) is 0 Å². The van der Waals surface area contributed by atoms with Gasteiger partial charge in [-0.25, -0.2) is 9.59 Å². The predicted molar refractivity (Wildman–Crippen MR) is 74.7 cm³/mol. The highest BCUT2D eigenvalue weighted by atomic mass is 16.5. The number of carbonyl (C=O) groups is 2. The average molecular weight is 280 g/mol. The highest BCUT2D eigenvalue weighted by Crippen LogP contribution is 2.11. The number of rotatable bonds is 6. The molecular weight excluding hydrogens is 260 g/mol. The summed E-state index contributed by atoms with van der Waals surface area (Å²) in [5, 5.41) is 14.2. The zero-order valence-corrected chi connectivity index (χ0v) is 11.9. The fraction of sp³-hybridized carbons (Fsp3) is 0.429. The molecule has 3 N–H and O–H groups in total. The smallest absolute Gasteiger partial charge is 0.329 e. The number of urea groups is 1. The molecule has 0 saturated carbocycles. The Morgan fingerprint density at radius 3 is 2.35 bits per heavy atom. The third-order valence-electron chi connectivity index (χ3n) is 3.18. The maximum absolute atomic E-state index is 11.7. The van der Waals surface area contributed by atoms with E-state index in [2.05, 4.69) is 10.6 Å². The van der Waals surface area contributed by atoms with Gasteiger partial charge in [0.15, 0.2) is 0 Å². The molecule has 0 radical (unpaired) electrons. The van der Waals surface area contributed by atoms with Gasteiger partial charge in [0, 0.05) is 6.54 Å². The first kappa shape index (κ1) is 15.8. The SMILES string of the molecule is CCC(C)(NC(=O)NCc1ccc(OC)cc1)C(=O)O.